The second-order valence-electron chi connectivity index (χ2n) is 5.70. The first-order valence-corrected chi connectivity index (χ1v) is 8.82. The third-order valence-electron chi connectivity index (χ3n) is 4.36. The first-order valence-electron chi connectivity index (χ1n) is 7.94. The quantitative estimate of drug-likeness (QED) is 0.657. The summed E-state index contributed by atoms with van der Waals surface area (Å²) < 4.78 is 1.59. The molecule has 0 radical (unpaired) electrons. The molecule has 0 spiro atoms. The van der Waals surface area contributed by atoms with Crippen molar-refractivity contribution in [2.24, 2.45) is 7.05 Å². The molecule has 0 bridgehead atoms. The summed E-state index contributed by atoms with van der Waals surface area (Å²) in [6.45, 7) is 9.43. The van der Waals surface area contributed by atoms with Crippen molar-refractivity contribution in [1.29, 1.82) is 5.26 Å². The van der Waals surface area contributed by atoms with Gasteiger partial charge in [-0.25, -0.2) is 9.64 Å². The molecular formula is C20H15N3O2S. The van der Waals surface area contributed by atoms with E-state index in [1.165, 1.54) is 11.3 Å². The standard InChI is InChI=1S/C20H15N3O2S/c1-4-15-17(22-2)16(18(20(24)25)23(15)3)12-5-7-13(8-6-12)19-14(11-21)9-10-26-19/h5-10H,4H2,1,3H3,(H,24,25). The number of carbonyl (C=O) groups is 1. The monoisotopic (exact) mass is 361 g/mol. The summed E-state index contributed by atoms with van der Waals surface area (Å²) in [4.78, 5) is 16.3. The Bertz CT molecular complexity index is 1080. The van der Waals surface area contributed by atoms with Gasteiger partial charge in [-0.1, -0.05) is 31.2 Å². The van der Waals surface area contributed by atoms with Crippen molar-refractivity contribution in [3.8, 4) is 27.6 Å². The van der Waals surface area contributed by atoms with Crippen molar-refractivity contribution < 1.29 is 9.90 Å². The molecule has 0 saturated heterocycles. The van der Waals surface area contributed by atoms with Crippen LogP contribution in [0.3, 0.4) is 0 Å². The number of carboxylic acids is 1. The summed E-state index contributed by atoms with van der Waals surface area (Å²) in [5, 5.41) is 20.7. The molecule has 0 saturated carbocycles. The van der Waals surface area contributed by atoms with Gasteiger partial charge in [0.25, 0.3) is 0 Å². The Labute approximate surface area is 155 Å². The molecule has 3 aromatic rings. The second kappa shape index (κ2) is 6.87. The molecule has 0 amide bonds. The van der Waals surface area contributed by atoms with E-state index >= 15 is 0 Å². The molecule has 1 N–H and O–H groups in total. The van der Waals surface area contributed by atoms with Gasteiger partial charge in [0, 0.05) is 18.3 Å². The lowest BCUT2D eigenvalue weighted by Gasteiger charge is -2.06. The Morgan fingerprint density at radius 3 is 2.50 bits per heavy atom. The molecule has 0 atom stereocenters. The topological polar surface area (TPSA) is 70.4 Å². The van der Waals surface area contributed by atoms with Crippen LogP contribution in [-0.2, 0) is 13.5 Å². The number of benzene rings is 1. The van der Waals surface area contributed by atoms with E-state index in [2.05, 4.69) is 10.9 Å². The largest absolute Gasteiger partial charge is 0.477 e. The zero-order chi connectivity index (χ0) is 18.8. The maximum absolute atomic E-state index is 11.8. The summed E-state index contributed by atoms with van der Waals surface area (Å²) in [7, 11) is 1.68. The summed E-state index contributed by atoms with van der Waals surface area (Å²) >= 11 is 1.49. The highest BCUT2D eigenvalue weighted by atomic mass is 32.1. The minimum atomic E-state index is -1.05. The molecule has 6 heteroatoms. The number of aromatic nitrogens is 1. The minimum absolute atomic E-state index is 0.120. The van der Waals surface area contributed by atoms with Gasteiger partial charge in [-0.3, -0.25) is 0 Å². The van der Waals surface area contributed by atoms with Crippen LogP contribution >= 0.6 is 11.3 Å². The van der Waals surface area contributed by atoms with E-state index in [0.717, 1.165) is 10.4 Å². The van der Waals surface area contributed by atoms with Crippen LogP contribution in [0.1, 0.15) is 28.7 Å². The van der Waals surface area contributed by atoms with Gasteiger partial charge in [-0.2, -0.15) is 5.26 Å². The van der Waals surface area contributed by atoms with Crippen molar-refractivity contribution in [3.63, 3.8) is 0 Å². The van der Waals surface area contributed by atoms with Gasteiger partial charge in [0.2, 0.25) is 5.69 Å². The number of carboxylic acid groups (broad SMARTS) is 1. The normalized spacial score (nSPS) is 10.3. The third-order valence-corrected chi connectivity index (χ3v) is 5.32. The van der Waals surface area contributed by atoms with E-state index < -0.39 is 5.97 Å². The Morgan fingerprint density at radius 2 is 1.96 bits per heavy atom. The molecule has 0 aliphatic heterocycles. The maximum atomic E-state index is 11.8. The molecule has 0 unspecified atom stereocenters. The Hall–Kier alpha value is -3.35. The SMILES string of the molecule is [C-]#[N+]c1c(-c2ccc(-c3sccc3C#N)cc2)c(C(=O)O)n(C)c1CC. The highest BCUT2D eigenvalue weighted by Gasteiger charge is 2.25. The fraction of sp³-hybridized carbons (Fsp3) is 0.150. The number of thiophene rings is 1. The highest BCUT2D eigenvalue weighted by Crippen LogP contribution is 2.40. The molecule has 2 aromatic heterocycles. The molecule has 128 valence electrons. The van der Waals surface area contributed by atoms with E-state index in [1.54, 1.807) is 17.7 Å². The molecule has 2 heterocycles. The van der Waals surface area contributed by atoms with E-state index in [-0.39, 0.29) is 5.69 Å². The maximum Gasteiger partial charge on any atom is 0.351 e. The van der Waals surface area contributed by atoms with Crippen LogP contribution in [0.2, 0.25) is 0 Å². The molecule has 0 aliphatic rings. The number of nitriles is 1. The number of hydrogen-bond donors (Lipinski definition) is 1. The van der Waals surface area contributed by atoms with Crippen LogP contribution in [0.25, 0.3) is 26.4 Å². The predicted octanol–water partition coefficient (Wildman–Crippen LogP) is 5.10. The molecule has 26 heavy (non-hydrogen) atoms. The zero-order valence-corrected chi connectivity index (χ0v) is 15.1. The molecule has 5 nitrogen and oxygen atoms in total. The summed E-state index contributed by atoms with van der Waals surface area (Å²) in [6.07, 6.45) is 0.577. The van der Waals surface area contributed by atoms with Crippen molar-refractivity contribution in [1.82, 2.24) is 4.57 Å². The van der Waals surface area contributed by atoms with Crippen molar-refractivity contribution in [2.75, 3.05) is 0 Å². The van der Waals surface area contributed by atoms with E-state index in [1.807, 2.05) is 36.6 Å². The minimum Gasteiger partial charge on any atom is -0.477 e. The van der Waals surface area contributed by atoms with Gasteiger partial charge in [0.1, 0.15) is 11.8 Å². The molecule has 1 aromatic carbocycles. The lowest BCUT2D eigenvalue weighted by Crippen LogP contribution is -2.07. The Balaban J connectivity index is 2.18. The summed E-state index contributed by atoms with van der Waals surface area (Å²) in [5.41, 5.74) is 3.86. The fourth-order valence-corrected chi connectivity index (χ4v) is 4.03. The van der Waals surface area contributed by atoms with Crippen molar-refractivity contribution in [2.45, 2.75) is 13.3 Å². The zero-order valence-electron chi connectivity index (χ0n) is 14.3. The van der Waals surface area contributed by atoms with E-state index in [0.29, 0.717) is 34.5 Å². The number of aromatic carboxylic acids is 1. The Morgan fingerprint density at radius 1 is 1.31 bits per heavy atom. The highest BCUT2D eigenvalue weighted by molar-refractivity contribution is 7.13. The van der Waals surface area contributed by atoms with Crippen LogP contribution in [0.4, 0.5) is 5.69 Å². The van der Waals surface area contributed by atoms with Crippen molar-refractivity contribution >= 4 is 23.0 Å². The molecule has 0 fully saturated rings. The lowest BCUT2D eigenvalue weighted by atomic mass is 10.0. The first-order chi connectivity index (χ1) is 12.5. The van der Waals surface area contributed by atoms with Gasteiger partial charge < -0.3 is 9.67 Å². The van der Waals surface area contributed by atoms with Crippen LogP contribution in [-0.4, -0.2) is 15.6 Å². The predicted molar refractivity (Wildman–Crippen MR) is 101 cm³/mol. The number of rotatable bonds is 4. The van der Waals surface area contributed by atoms with Gasteiger partial charge in [-0.15, -0.1) is 11.3 Å². The van der Waals surface area contributed by atoms with E-state index in [4.69, 9.17) is 6.57 Å². The average Bonchev–Trinajstić information content (AvgIpc) is 3.23. The third kappa shape index (κ3) is 2.67. The van der Waals surface area contributed by atoms with Crippen LogP contribution in [0.5, 0.6) is 0 Å². The van der Waals surface area contributed by atoms with Gasteiger partial charge in [0.05, 0.1) is 17.0 Å². The van der Waals surface area contributed by atoms with Crippen LogP contribution in [0, 0.1) is 17.9 Å². The average molecular weight is 361 g/mol. The second-order valence-corrected chi connectivity index (χ2v) is 6.62. The Kier molecular flexibility index (Phi) is 4.62. The van der Waals surface area contributed by atoms with Crippen LogP contribution in [0.15, 0.2) is 35.7 Å². The number of nitrogens with zero attached hydrogens (tertiary/aromatic N) is 3. The summed E-state index contributed by atoms with van der Waals surface area (Å²) in [6, 6.07) is 11.3. The number of hydrogen-bond acceptors (Lipinski definition) is 3. The fourth-order valence-electron chi connectivity index (χ4n) is 3.18. The van der Waals surface area contributed by atoms with E-state index in [9.17, 15) is 15.2 Å². The van der Waals surface area contributed by atoms with Crippen molar-refractivity contribution in [3.05, 3.63) is 64.1 Å². The lowest BCUT2D eigenvalue weighted by molar-refractivity contribution is 0.0687. The molecule has 3 rings (SSSR count). The van der Waals surface area contributed by atoms with Gasteiger partial charge in [0.15, 0.2) is 0 Å². The van der Waals surface area contributed by atoms with Gasteiger partial charge >= 0.3 is 5.97 Å². The van der Waals surface area contributed by atoms with Gasteiger partial charge in [-0.05, 0) is 29.0 Å². The summed E-state index contributed by atoms with van der Waals surface area (Å²) in [5.74, 6) is -1.05. The molecule has 0 aliphatic carbocycles. The first kappa shape index (κ1) is 17.5. The molecular weight excluding hydrogens is 346 g/mol. The van der Waals surface area contributed by atoms with Crippen LogP contribution < -0.4 is 0 Å². The smallest absolute Gasteiger partial charge is 0.351 e.